The Kier molecular flexibility index (Phi) is 2.97. The first-order chi connectivity index (χ1) is 7.34. The smallest absolute Gasteiger partial charge is 0.0186 e. The lowest BCUT2D eigenvalue weighted by Crippen LogP contribution is -2.53. The number of rotatable bonds is 1. The van der Waals surface area contributed by atoms with Crippen molar-refractivity contribution in [3.63, 3.8) is 0 Å². The van der Waals surface area contributed by atoms with Crippen LogP contribution in [0.25, 0.3) is 0 Å². The van der Waals surface area contributed by atoms with Crippen LogP contribution in [0.1, 0.15) is 25.7 Å². The Balaban J connectivity index is 1.64. The van der Waals surface area contributed by atoms with Gasteiger partial charge >= 0.3 is 0 Å². The van der Waals surface area contributed by atoms with Crippen LogP contribution in [-0.2, 0) is 0 Å². The van der Waals surface area contributed by atoms with Crippen molar-refractivity contribution in [1.82, 2.24) is 4.90 Å². The Bertz CT molecular complexity index is 214. The number of likely N-dealkylation sites (tertiary alicyclic amines) is 1. The van der Waals surface area contributed by atoms with Crippen LogP contribution >= 0.6 is 11.8 Å². The summed E-state index contributed by atoms with van der Waals surface area (Å²) in [6.07, 6.45) is 5.64. The van der Waals surface area contributed by atoms with Crippen molar-refractivity contribution >= 4 is 11.8 Å². The summed E-state index contributed by atoms with van der Waals surface area (Å²) >= 11 is 2.15. The van der Waals surface area contributed by atoms with Crippen molar-refractivity contribution in [3.05, 3.63) is 0 Å². The van der Waals surface area contributed by atoms with Crippen molar-refractivity contribution in [2.45, 2.75) is 37.8 Å². The number of piperidine rings is 1. The van der Waals surface area contributed by atoms with E-state index in [4.69, 9.17) is 5.73 Å². The molecule has 3 fully saturated rings. The molecule has 3 aliphatic rings. The molecule has 2 unspecified atom stereocenters. The van der Waals surface area contributed by atoms with E-state index < -0.39 is 0 Å². The van der Waals surface area contributed by atoms with E-state index in [0.29, 0.717) is 6.04 Å². The molecular weight excluding hydrogens is 204 g/mol. The van der Waals surface area contributed by atoms with E-state index in [9.17, 15) is 0 Å². The highest BCUT2D eigenvalue weighted by atomic mass is 32.2. The summed E-state index contributed by atoms with van der Waals surface area (Å²) in [6.45, 7) is 2.59. The highest BCUT2D eigenvalue weighted by Gasteiger charge is 2.41. The second-order valence-electron chi connectivity index (χ2n) is 5.50. The normalized spacial score (nSPS) is 47.0. The van der Waals surface area contributed by atoms with E-state index >= 15 is 0 Å². The van der Waals surface area contributed by atoms with E-state index in [2.05, 4.69) is 16.7 Å². The molecule has 0 amide bonds. The van der Waals surface area contributed by atoms with Gasteiger partial charge in [-0.1, -0.05) is 0 Å². The van der Waals surface area contributed by atoms with Gasteiger partial charge in [-0.15, -0.1) is 0 Å². The number of hydrogen-bond acceptors (Lipinski definition) is 3. The van der Waals surface area contributed by atoms with Gasteiger partial charge in [0.05, 0.1) is 0 Å². The SMILES string of the molecule is NC1[C@@H]2CC[C@H]1CN(C1CCCSC1)C2. The summed E-state index contributed by atoms with van der Waals surface area (Å²) in [5, 5.41) is 0. The number of nitrogens with zero attached hydrogens (tertiary/aromatic N) is 1. The topological polar surface area (TPSA) is 29.3 Å². The molecular formula is C12H22N2S. The zero-order valence-electron chi connectivity index (χ0n) is 9.40. The van der Waals surface area contributed by atoms with Gasteiger partial charge in [-0.3, -0.25) is 4.90 Å². The van der Waals surface area contributed by atoms with E-state index in [1.807, 2.05) is 0 Å². The molecule has 2 N–H and O–H groups in total. The van der Waals surface area contributed by atoms with Crippen LogP contribution in [0.2, 0.25) is 0 Å². The third-order valence-electron chi connectivity index (χ3n) is 4.59. The summed E-state index contributed by atoms with van der Waals surface area (Å²) < 4.78 is 0. The van der Waals surface area contributed by atoms with Gasteiger partial charge in [-0.25, -0.2) is 0 Å². The van der Waals surface area contributed by atoms with Gasteiger partial charge in [0.1, 0.15) is 0 Å². The lowest BCUT2D eigenvalue weighted by atomic mass is 9.91. The van der Waals surface area contributed by atoms with Crippen LogP contribution in [0.15, 0.2) is 0 Å². The summed E-state index contributed by atoms with van der Waals surface area (Å²) in [5.74, 6) is 4.39. The molecule has 4 atom stereocenters. The third-order valence-corrected chi connectivity index (χ3v) is 5.79. The quantitative estimate of drug-likeness (QED) is 0.735. The Morgan fingerprint density at radius 2 is 1.80 bits per heavy atom. The Morgan fingerprint density at radius 3 is 2.40 bits per heavy atom. The van der Waals surface area contributed by atoms with Crippen molar-refractivity contribution < 1.29 is 0 Å². The van der Waals surface area contributed by atoms with Gasteiger partial charge in [-0.05, 0) is 43.3 Å². The molecule has 86 valence electrons. The van der Waals surface area contributed by atoms with Crippen LogP contribution in [0, 0.1) is 11.8 Å². The molecule has 2 saturated heterocycles. The largest absolute Gasteiger partial charge is 0.327 e. The minimum absolute atomic E-state index is 0.525. The molecule has 1 aliphatic carbocycles. The molecule has 0 aromatic rings. The van der Waals surface area contributed by atoms with Gasteiger partial charge in [0.25, 0.3) is 0 Å². The van der Waals surface area contributed by atoms with E-state index in [-0.39, 0.29) is 0 Å². The number of thioether (sulfide) groups is 1. The van der Waals surface area contributed by atoms with Gasteiger partial charge in [-0.2, -0.15) is 11.8 Å². The van der Waals surface area contributed by atoms with Gasteiger partial charge in [0.15, 0.2) is 0 Å². The molecule has 2 bridgehead atoms. The summed E-state index contributed by atoms with van der Waals surface area (Å²) in [6, 6.07) is 1.40. The minimum atomic E-state index is 0.525. The summed E-state index contributed by atoms with van der Waals surface area (Å²) in [4.78, 5) is 2.76. The minimum Gasteiger partial charge on any atom is -0.327 e. The molecule has 2 aliphatic heterocycles. The highest BCUT2D eigenvalue weighted by molar-refractivity contribution is 7.99. The fourth-order valence-corrected chi connectivity index (χ4v) is 4.80. The molecule has 0 aromatic carbocycles. The maximum Gasteiger partial charge on any atom is 0.0186 e. The number of hydrogen-bond donors (Lipinski definition) is 1. The van der Waals surface area contributed by atoms with Crippen LogP contribution in [0.4, 0.5) is 0 Å². The Labute approximate surface area is 97.0 Å². The van der Waals surface area contributed by atoms with Crippen molar-refractivity contribution in [2.75, 3.05) is 24.6 Å². The van der Waals surface area contributed by atoms with Crippen molar-refractivity contribution in [3.8, 4) is 0 Å². The lowest BCUT2D eigenvalue weighted by molar-refractivity contribution is 0.105. The standard InChI is InChI=1S/C12H22N2S/c13-12-9-3-4-10(12)7-14(6-9)11-2-1-5-15-8-11/h9-12H,1-8,13H2/t9-,10+,11?,12?. The zero-order valence-corrected chi connectivity index (χ0v) is 10.2. The predicted octanol–water partition coefficient (Wildman–Crippen LogP) is 1.55. The molecule has 3 rings (SSSR count). The van der Waals surface area contributed by atoms with E-state index in [1.54, 1.807) is 0 Å². The second-order valence-corrected chi connectivity index (χ2v) is 6.65. The molecule has 0 radical (unpaired) electrons. The molecule has 3 heteroatoms. The molecule has 0 aromatic heterocycles. The van der Waals surface area contributed by atoms with Gasteiger partial charge < -0.3 is 5.73 Å². The predicted molar refractivity (Wildman–Crippen MR) is 66.1 cm³/mol. The summed E-state index contributed by atoms with van der Waals surface area (Å²) in [7, 11) is 0. The third kappa shape index (κ3) is 1.94. The second kappa shape index (κ2) is 4.27. The number of nitrogens with two attached hydrogens (primary N) is 1. The number of fused-ring (bicyclic) bond motifs is 2. The molecule has 2 heterocycles. The van der Waals surface area contributed by atoms with E-state index in [1.165, 1.54) is 50.3 Å². The van der Waals surface area contributed by atoms with Crippen LogP contribution in [-0.4, -0.2) is 41.6 Å². The first-order valence-corrected chi connectivity index (χ1v) is 7.57. The van der Waals surface area contributed by atoms with Crippen LogP contribution in [0.5, 0.6) is 0 Å². The molecule has 15 heavy (non-hydrogen) atoms. The fraction of sp³-hybridized carbons (Fsp3) is 1.00. The Hall–Kier alpha value is 0.270. The fourth-order valence-electron chi connectivity index (χ4n) is 3.61. The molecule has 1 saturated carbocycles. The summed E-state index contributed by atoms with van der Waals surface area (Å²) in [5.41, 5.74) is 6.24. The maximum atomic E-state index is 6.24. The zero-order chi connectivity index (χ0) is 10.3. The molecule has 2 nitrogen and oxygen atoms in total. The first kappa shape index (κ1) is 10.4. The average molecular weight is 226 g/mol. The van der Waals surface area contributed by atoms with Crippen molar-refractivity contribution in [2.24, 2.45) is 17.6 Å². The van der Waals surface area contributed by atoms with E-state index in [0.717, 1.165) is 17.9 Å². The lowest BCUT2D eigenvalue weighted by Gasteiger charge is -2.42. The monoisotopic (exact) mass is 226 g/mol. The highest BCUT2D eigenvalue weighted by Crippen LogP contribution is 2.37. The molecule has 0 spiro atoms. The maximum absolute atomic E-state index is 6.24. The van der Waals surface area contributed by atoms with Crippen molar-refractivity contribution in [1.29, 1.82) is 0 Å². The van der Waals surface area contributed by atoms with Gasteiger partial charge in [0, 0.05) is 30.9 Å². The van der Waals surface area contributed by atoms with Gasteiger partial charge in [0.2, 0.25) is 0 Å². The first-order valence-electron chi connectivity index (χ1n) is 6.42. The Morgan fingerprint density at radius 1 is 1.07 bits per heavy atom. The van der Waals surface area contributed by atoms with Crippen LogP contribution in [0.3, 0.4) is 0 Å². The van der Waals surface area contributed by atoms with Crippen LogP contribution < -0.4 is 5.73 Å². The average Bonchev–Trinajstić information content (AvgIpc) is 2.54.